The fourth-order valence-corrected chi connectivity index (χ4v) is 0.960. The predicted octanol–water partition coefficient (Wildman–Crippen LogP) is -0.134. The van der Waals surface area contributed by atoms with Gasteiger partial charge in [0.25, 0.3) is 5.56 Å². The number of aromatic hydroxyl groups is 1. The first kappa shape index (κ1) is 7.53. The summed E-state index contributed by atoms with van der Waals surface area (Å²) in [5.41, 5.74) is 0.144. The van der Waals surface area contributed by atoms with Crippen LogP contribution in [0.2, 0.25) is 0 Å². The molecule has 0 aliphatic rings. The molecule has 0 aliphatic heterocycles. The fraction of sp³-hybridized carbons (Fsp3) is 0. The Morgan fingerprint density at radius 3 is 2.92 bits per heavy atom. The molecule has 0 unspecified atom stereocenters. The lowest BCUT2D eigenvalue weighted by molar-refractivity contribution is 0.452. The Kier molecular flexibility index (Phi) is 1.59. The highest BCUT2D eigenvalue weighted by Crippen LogP contribution is 2.10. The van der Waals surface area contributed by atoms with Gasteiger partial charge in [0, 0.05) is 6.20 Å². The molecule has 66 valence electrons. The molecular weight excluding hydrogens is 172 g/mol. The molecule has 2 aromatic heterocycles. The summed E-state index contributed by atoms with van der Waals surface area (Å²) in [6.07, 6.45) is 1.53. The van der Waals surface area contributed by atoms with Crippen molar-refractivity contribution in [1.29, 1.82) is 0 Å². The predicted molar refractivity (Wildman–Crippen MR) is 44.1 cm³/mol. The molecule has 13 heavy (non-hydrogen) atoms. The van der Waals surface area contributed by atoms with Crippen LogP contribution in [0.3, 0.4) is 0 Å². The molecule has 0 spiro atoms. The number of H-pyrrole nitrogens is 2. The van der Waals surface area contributed by atoms with Gasteiger partial charge in [-0.25, -0.2) is 0 Å². The standard InChI is InChI=1S/C7H6N4O2/c12-5-3-6(13)10-7(9-5)4-1-2-8-11-4/h1-3H,(H,8,11)(H2,9,10,12,13). The summed E-state index contributed by atoms with van der Waals surface area (Å²) in [5.74, 6) is -0.0455. The van der Waals surface area contributed by atoms with E-state index in [9.17, 15) is 4.79 Å². The van der Waals surface area contributed by atoms with Crippen LogP contribution in [-0.4, -0.2) is 25.3 Å². The number of hydrogen-bond donors (Lipinski definition) is 3. The third kappa shape index (κ3) is 1.41. The average Bonchev–Trinajstić information content (AvgIpc) is 2.53. The number of nitrogens with one attached hydrogen (secondary N) is 2. The Morgan fingerprint density at radius 2 is 2.31 bits per heavy atom. The van der Waals surface area contributed by atoms with Crippen LogP contribution in [0.15, 0.2) is 23.1 Å². The van der Waals surface area contributed by atoms with E-state index in [1.807, 2.05) is 0 Å². The fourth-order valence-electron chi connectivity index (χ4n) is 0.960. The van der Waals surface area contributed by atoms with Gasteiger partial charge in [-0.2, -0.15) is 10.1 Å². The van der Waals surface area contributed by atoms with E-state index in [4.69, 9.17) is 5.11 Å². The van der Waals surface area contributed by atoms with Crippen molar-refractivity contribution >= 4 is 0 Å². The molecule has 6 heteroatoms. The third-order valence-corrected chi connectivity index (χ3v) is 1.48. The van der Waals surface area contributed by atoms with Gasteiger partial charge >= 0.3 is 0 Å². The summed E-state index contributed by atoms with van der Waals surface area (Å²) in [4.78, 5) is 17.1. The number of rotatable bonds is 1. The first-order chi connectivity index (χ1) is 6.25. The highest BCUT2D eigenvalue weighted by atomic mass is 16.3. The lowest BCUT2D eigenvalue weighted by Gasteiger charge is -1.95. The molecule has 0 fully saturated rings. The Balaban J connectivity index is 2.59. The molecule has 2 heterocycles. The molecule has 6 nitrogen and oxygen atoms in total. The summed E-state index contributed by atoms with van der Waals surface area (Å²) in [5, 5.41) is 15.3. The SMILES string of the molecule is O=c1cc(O)nc(-c2ccn[nH]2)[nH]1. The van der Waals surface area contributed by atoms with Crippen LogP contribution in [0, 0.1) is 0 Å². The normalized spacial score (nSPS) is 10.2. The zero-order valence-corrected chi connectivity index (χ0v) is 6.48. The van der Waals surface area contributed by atoms with E-state index < -0.39 is 5.56 Å². The summed E-state index contributed by atoms with van der Waals surface area (Å²) in [7, 11) is 0. The monoisotopic (exact) mass is 178 g/mol. The van der Waals surface area contributed by atoms with Gasteiger partial charge in [0.2, 0.25) is 5.88 Å². The molecule has 0 aromatic carbocycles. The van der Waals surface area contributed by atoms with E-state index in [1.165, 1.54) is 6.20 Å². The minimum atomic E-state index is -0.405. The maximum Gasteiger partial charge on any atom is 0.255 e. The number of aromatic nitrogens is 4. The average molecular weight is 178 g/mol. The highest BCUT2D eigenvalue weighted by Gasteiger charge is 2.03. The maximum absolute atomic E-state index is 10.9. The van der Waals surface area contributed by atoms with Crippen molar-refractivity contribution in [3.05, 3.63) is 28.7 Å². The summed E-state index contributed by atoms with van der Waals surface area (Å²) < 4.78 is 0. The van der Waals surface area contributed by atoms with Crippen LogP contribution >= 0.6 is 0 Å². The lowest BCUT2D eigenvalue weighted by Crippen LogP contribution is -2.06. The minimum absolute atomic E-state index is 0.266. The second-order valence-electron chi connectivity index (χ2n) is 2.42. The van der Waals surface area contributed by atoms with E-state index in [-0.39, 0.29) is 11.7 Å². The molecule has 0 saturated carbocycles. The van der Waals surface area contributed by atoms with Crippen LogP contribution in [0.4, 0.5) is 0 Å². The molecule has 0 atom stereocenters. The number of nitrogens with zero attached hydrogens (tertiary/aromatic N) is 2. The van der Waals surface area contributed by atoms with E-state index >= 15 is 0 Å². The van der Waals surface area contributed by atoms with Crippen molar-refractivity contribution in [3.63, 3.8) is 0 Å². The quantitative estimate of drug-likeness (QED) is 0.566. The Morgan fingerprint density at radius 1 is 1.46 bits per heavy atom. The zero-order chi connectivity index (χ0) is 9.26. The molecular formula is C7H6N4O2. The first-order valence-electron chi connectivity index (χ1n) is 3.56. The Bertz CT molecular complexity index is 460. The van der Waals surface area contributed by atoms with Gasteiger partial charge in [-0.05, 0) is 6.07 Å². The lowest BCUT2D eigenvalue weighted by atomic mass is 10.4. The maximum atomic E-state index is 10.9. The smallest absolute Gasteiger partial charge is 0.255 e. The van der Waals surface area contributed by atoms with E-state index in [2.05, 4.69) is 20.2 Å². The van der Waals surface area contributed by atoms with Gasteiger partial charge in [0.1, 0.15) is 5.69 Å². The number of aromatic amines is 2. The molecule has 2 aromatic rings. The van der Waals surface area contributed by atoms with Gasteiger partial charge < -0.3 is 10.1 Å². The minimum Gasteiger partial charge on any atom is -0.493 e. The Labute approximate surface area is 72.3 Å². The van der Waals surface area contributed by atoms with Gasteiger partial charge in [-0.1, -0.05) is 0 Å². The van der Waals surface area contributed by atoms with Gasteiger partial charge in [-0.15, -0.1) is 0 Å². The van der Waals surface area contributed by atoms with Crippen LogP contribution in [0.25, 0.3) is 11.5 Å². The van der Waals surface area contributed by atoms with Crippen molar-refractivity contribution in [3.8, 4) is 17.4 Å². The van der Waals surface area contributed by atoms with E-state index in [0.29, 0.717) is 5.69 Å². The zero-order valence-electron chi connectivity index (χ0n) is 6.48. The van der Waals surface area contributed by atoms with Crippen LogP contribution in [-0.2, 0) is 0 Å². The van der Waals surface area contributed by atoms with Crippen molar-refractivity contribution in [1.82, 2.24) is 20.2 Å². The molecule has 0 amide bonds. The second-order valence-corrected chi connectivity index (χ2v) is 2.42. The van der Waals surface area contributed by atoms with Crippen molar-refractivity contribution in [2.75, 3.05) is 0 Å². The third-order valence-electron chi connectivity index (χ3n) is 1.48. The Hall–Kier alpha value is -2.11. The molecule has 2 rings (SSSR count). The largest absolute Gasteiger partial charge is 0.493 e. The van der Waals surface area contributed by atoms with Crippen LogP contribution < -0.4 is 5.56 Å². The highest BCUT2D eigenvalue weighted by molar-refractivity contribution is 5.47. The van der Waals surface area contributed by atoms with Crippen molar-refractivity contribution in [2.24, 2.45) is 0 Å². The molecule has 0 aliphatic carbocycles. The second kappa shape index (κ2) is 2.74. The molecule has 0 radical (unpaired) electrons. The summed E-state index contributed by atoms with van der Waals surface area (Å²) in [6.45, 7) is 0. The van der Waals surface area contributed by atoms with Gasteiger partial charge in [0.15, 0.2) is 5.82 Å². The summed E-state index contributed by atoms with van der Waals surface area (Å²) >= 11 is 0. The van der Waals surface area contributed by atoms with E-state index in [0.717, 1.165) is 6.07 Å². The molecule has 0 bridgehead atoms. The summed E-state index contributed by atoms with van der Waals surface area (Å²) in [6, 6.07) is 2.64. The van der Waals surface area contributed by atoms with Gasteiger partial charge in [0.05, 0.1) is 6.07 Å². The van der Waals surface area contributed by atoms with E-state index in [1.54, 1.807) is 6.07 Å². The van der Waals surface area contributed by atoms with Crippen LogP contribution in [0.1, 0.15) is 0 Å². The van der Waals surface area contributed by atoms with Crippen LogP contribution in [0.5, 0.6) is 5.88 Å². The van der Waals surface area contributed by atoms with Crippen molar-refractivity contribution < 1.29 is 5.11 Å². The molecule has 0 saturated heterocycles. The topological polar surface area (TPSA) is 94.7 Å². The van der Waals surface area contributed by atoms with Gasteiger partial charge in [-0.3, -0.25) is 9.89 Å². The van der Waals surface area contributed by atoms with Crippen molar-refractivity contribution in [2.45, 2.75) is 0 Å². The first-order valence-corrected chi connectivity index (χ1v) is 3.56. The number of hydrogen-bond acceptors (Lipinski definition) is 4. The molecule has 3 N–H and O–H groups in total.